The quantitative estimate of drug-likeness (QED) is 0.355. The first kappa shape index (κ1) is 21.0. The molecule has 0 aliphatic rings. The minimum absolute atomic E-state index is 0.0166. The number of aromatic nitrogens is 3. The van der Waals surface area contributed by atoms with Crippen LogP contribution in [-0.2, 0) is 13.3 Å². The predicted octanol–water partition coefficient (Wildman–Crippen LogP) is 6.11. The van der Waals surface area contributed by atoms with Gasteiger partial charge in [-0.05, 0) is 40.9 Å². The van der Waals surface area contributed by atoms with Gasteiger partial charge in [-0.3, -0.25) is 4.79 Å². The first-order valence-electron chi connectivity index (χ1n) is 9.17. The number of thiazole rings is 1. The molecule has 0 aliphatic carbocycles. The maximum Gasteiger partial charge on any atom is 0.256 e. The Morgan fingerprint density at radius 1 is 1.03 bits per heavy atom. The maximum atomic E-state index is 13.4. The normalized spacial score (nSPS) is 10.8. The fourth-order valence-corrected chi connectivity index (χ4v) is 4.13. The van der Waals surface area contributed by atoms with E-state index >= 15 is 0 Å². The molecule has 0 aliphatic heterocycles. The van der Waals surface area contributed by atoms with E-state index in [2.05, 4.69) is 20.3 Å². The zero-order chi connectivity index (χ0) is 21.8. The number of halogens is 3. The fraction of sp³-hybridized carbons (Fsp3) is 0.0909. The highest BCUT2D eigenvalue weighted by molar-refractivity contribution is 7.13. The molecule has 0 unspecified atom stereocenters. The van der Waals surface area contributed by atoms with Crippen LogP contribution >= 0.6 is 22.9 Å². The Hall–Kier alpha value is -3.23. The highest BCUT2D eigenvalue weighted by Gasteiger charge is 2.18. The van der Waals surface area contributed by atoms with Gasteiger partial charge < -0.3 is 5.32 Å². The number of alkyl halides is 2. The number of benzene rings is 2. The van der Waals surface area contributed by atoms with Crippen molar-refractivity contribution in [2.75, 3.05) is 5.32 Å². The first-order chi connectivity index (χ1) is 15.1. The maximum absolute atomic E-state index is 13.4. The van der Waals surface area contributed by atoms with Crippen LogP contribution in [0.15, 0.2) is 60.2 Å². The summed E-state index contributed by atoms with van der Waals surface area (Å²) in [5.41, 5.74) is 4.52. The van der Waals surface area contributed by atoms with E-state index in [9.17, 15) is 13.6 Å². The highest BCUT2D eigenvalue weighted by Crippen LogP contribution is 2.34. The second-order valence-corrected chi connectivity index (χ2v) is 7.69. The van der Waals surface area contributed by atoms with Crippen LogP contribution in [0.2, 0.25) is 5.28 Å². The van der Waals surface area contributed by atoms with Crippen LogP contribution in [0.5, 0.6) is 0 Å². The van der Waals surface area contributed by atoms with Crippen molar-refractivity contribution in [3.8, 4) is 21.8 Å². The third kappa shape index (κ3) is 4.45. The molecule has 2 aromatic carbocycles. The predicted molar refractivity (Wildman–Crippen MR) is 118 cm³/mol. The van der Waals surface area contributed by atoms with E-state index in [1.165, 1.54) is 29.5 Å². The lowest BCUT2D eigenvalue weighted by Crippen LogP contribution is -2.16. The molecule has 156 valence electrons. The lowest BCUT2D eigenvalue weighted by molar-refractivity contribution is 0.102. The van der Waals surface area contributed by atoms with Crippen LogP contribution in [0.25, 0.3) is 21.8 Å². The Morgan fingerprint density at radius 2 is 1.77 bits per heavy atom. The standard InChI is InChI=1S/C22H15ClF2N4OS/c23-22-26-8-7-17(29-22)20-19(27-12-31-20)13-3-2-6-16(9-13)28-21(30)18-14(10-24)4-1-5-15(18)11-25/h1-9,12H,10-11H2,(H,28,30). The molecule has 5 nitrogen and oxygen atoms in total. The van der Waals surface area contributed by atoms with E-state index in [0.29, 0.717) is 17.1 Å². The fourth-order valence-electron chi connectivity index (χ4n) is 3.20. The molecule has 2 aromatic heterocycles. The zero-order valence-corrected chi connectivity index (χ0v) is 17.6. The van der Waals surface area contributed by atoms with Gasteiger partial charge in [-0.1, -0.05) is 30.3 Å². The number of rotatable bonds is 6. The van der Waals surface area contributed by atoms with Gasteiger partial charge in [0.05, 0.1) is 27.3 Å². The van der Waals surface area contributed by atoms with Gasteiger partial charge in [0.1, 0.15) is 13.3 Å². The molecule has 4 aromatic rings. The molecule has 0 saturated carbocycles. The number of hydrogen-bond donors (Lipinski definition) is 1. The smallest absolute Gasteiger partial charge is 0.256 e. The molecule has 0 radical (unpaired) electrons. The van der Waals surface area contributed by atoms with E-state index in [1.54, 1.807) is 36.0 Å². The van der Waals surface area contributed by atoms with Gasteiger partial charge in [-0.15, -0.1) is 11.3 Å². The van der Waals surface area contributed by atoms with E-state index in [4.69, 9.17) is 11.6 Å². The van der Waals surface area contributed by atoms with Crippen LogP contribution in [-0.4, -0.2) is 20.9 Å². The zero-order valence-electron chi connectivity index (χ0n) is 16.0. The number of anilines is 1. The van der Waals surface area contributed by atoms with Crippen molar-refractivity contribution in [3.05, 3.63) is 82.2 Å². The molecular weight excluding hydrogens is 442 g/mol. The Bertz CT molecular complexity index is 1230. The summed E-state index contributed by atoms with van der Waals surface area (Å²) in [5.74, 6) is -0.570. The lowest BCUT2D eigenvalue weighted by atomic mass is 10.0. The molecule has 0 saturated heterocycles. The monoisotopic (exact) mass is 456 g/mol. The van der Waals surface area contributed by atoms with Crippen LogP contribution < -0.4 is 5.32 Å². The van der Waals surface area contributed by atoms with Gasteiger partial charge in [0.25, 0.3) is 5.91 Å². The molecular formula is C22H15ClF2N4OS. The van der Waals surface area contributed by atoms with Gasteiger partial charge in [-0.2, -0.15) is 0 Å². The van der Waals surface area contributed by atoms with Crippen molar-refractivity contribution in [2.45, 2.75) is 13.3 Å². The molecule has 0 spiro atoms. The summed E-state index contributed by atoms with van der Waals surface area (Å²) in [7, 11) is 0. The summed E-state index contributed by atoms with van der Waals surface area (Å²) in [6.07, 6.45) is 1.57. The highest BCUT2D eigenvalue weighted by atomic mass is 35.5. The number of amides is 1. The molecule has 1 N–H and O–H groups in total. The molecule has 2 heterocycles. The van der Waals surface area contributed by atoms with Crippen molar-refractivity contribution < 1.29 is 13.6 Å². The average Bonchev–Trinajstić information content (AvgIpc) is 3.28. The van der Waals surface area contributed by atoms with E-state index < -0.39 is 19.3 Å². The largest absolute Gasteiger partial charge is 0.322 e. The second-order valence-electron chi connectivity index (χ2n) is 6.49. The van der Waals surface area contributed by atoms with Gasteiger partial charge >= 0.3 is 0 Å². The minimum Gasteiger partial charge on any atom is -0.322 e. The molecule has 1 amide bonds. The van der Waals surface area contributed by atoms with Crippen LogP contribution in [0, 0.1) is 0 Å². The number of nitrogens with one attached hydrogen (secondary N) is 1. The van der Waals surface area contributed by atoms with E-state index in [0.717, 1.165) is 10.4 Å². The Balaban J connectivity index is 1.66. The Labute approximate surface area is 185 Å². The summed E-state index contributed by atoms with van der Waals surface area (Å²) in [6.45, 7) is -1.72. The van der Waals surface area contributed by atoms with Crippen LogP contribution in [0.4, 0.5) is 14.5 Å². The number of hydrogen-bond acceptors (Lipinski definition) is 5. The van der Waals surface area contributed by atoms with Crippen molar-refractivity contribution in [3.63, 3.8) is 0 Å². The molecule has 31 heavy (non-hydrogen) atoms. The number of carbonyl (C=O) groups is 1. The Morgan fingerprint density at radius 3 is 2.48 bits per heavy atom. The second kappa shape index (κ2) is 9.28. The Kier molecular flexibility index (Phi) is 6.29. The summed E-state index contributed by atoms with van der Waals surface area (Å²) in [4.78, 5) is 26.2. The van der Waals surface area contributed by atoms with E-state index in [1.807, 2.05) is 6.07 Å². The third-order valence-corrected chi connectivity index (χ3v) is 5.60. The summed E-state index contributed by atoms with van der Waals surface area (Å²) in [6, 6.07) is 13.3. The first-order valence-corrected chi connectivity index (χ1v) is 10.4. The minimum atomic E-state index is -0.861. The molecule has 0 fully saturated rings. The molecule has 9 heteroatoms. The topological polar surface area (TPSA) is 67.8 Å². The summed E-state index contributed by atoms with van der Waals surface area (Å²) in [5, 5.41) is 2.87. The van der Waals surface area contributed by atoms with Crippen molar-refractivity contribution in [1.29, 1.82) is 0 Å². The molecule has 4 rings (SSSR count). The van der Waals surface area contributed by atoms with Gasteiger partial charge in [0.15, 0.2) is 0 Å². The average molecular weight is 457 g/mol. The van der Waals surface area contributed by atoms with Gasteiger partial charge in [0, 0.05) is 17.4 Å². The number of nitrogens with zero attached hydrogens (tertiary/aromatic N) is 3. The molecule has 0 atom stereocenters. The summed E-state index contributed by atoms with van der Waals surface area (Å²) < 4.78 is 26.7. The van der Waals surface area contributed by atoms with Gasteiger partial charge in [0.2, 0.25) is 5.28 Å². The summed E-state index contributed by atoms with van der Waals surface area (Å²) >= 11 is 7.31. The van der Waals surface area contributed by atoms with Crippen molar-refractivity contribution >= 4 is 34.5 Å². The molecule has 0 bridgehead atoms. The number of carbonyl (C=O) groups excluding carboxylic acids is 1. The van der Waals surface area contributed by atoms with Crippen molar-refractivity contribution in [2.24, 2.45) is 0 Å². The SMILES string of the molecule is O=C(Nc1cccc(-c2ncsc2-c2ccnc(Cl)n2)c1)c1c(CF)cccc1CF. The van der Waals surface area contributed by atoms with Crippen molar-refractivity contribution in [1.82, 2.24) is 15.0 Å². The van der Waals surface area contributed by atoms with E-state index in [-0.39, 0.29) is 22.0 Å². The van der Waals surface area contributed by atoms with Crippen LogP contribution in [0.3, 0.4) is 0 Å². The third-order valence-electron chi connectivity index (χ3n) is 4.57. The van der Waals surface area contributed by atoms with Crippen LogP contribution in [0.1, 0.15) is 21.5 Å². The van der Waals surface area contributed by atoms with Gasteiger partial charge in [-0.25, -0.2) is 23.7 Å². The lowest BCUT2D eigenvalue weighted by Gasteiger charge is -2.12.